The topological polar surface area (TPSA) is 178 Å². The minimum atomic E-state index is -4.32. The molecule has 0 radical (unpaired) electrons. The first-order valence-corrected chi connectivity index (χ1v) is 14.9. The smallest absolute Gasteiger partial charge is 0.459 e. The maximum Gasteiger partial charge on any atom is 0.459 e. The van der Waals surface area contributed by atoms with Crippen molar-refractivity contribution in [2.75, 3.05) is 25.6 Å². The van der Waals surface area contributed by atoms with Gasteiger partial charge in [-0.15, -0.1) is 0 Å². The van der Waals surface area contributed by atoms with Gasteiger partial charge in [0.25, 0.3) is 6.48 Å². The van der Waals surface area contributed by atoms with Crippen LogP contribution in [0.5, 0.6) is 5.75 Å². The summed E-state index contributed by atoms with van der Waals surface area (Å²) in [6.45, 7) is 3.62. The highest BCUT2D eigenvalue weighted by Gasteiger charge is 2.64. The first kappa shape index (κ1) is 29.9. The Kier molecular flexibility index (Phi) is 8.81. The van der Waals surface area contributed by atoms with E-state index in [1.54, 1.807) is 73.1 Å². The molecule has 0 bridgehead atoms. The van der Waals surface area contributed by atoms with Crippen LogP contribution < -0.4 is 15.3 Å². The third-order valence-corrected chi connectivity index (χ3v) is 8.35. The molecular weight excluding hydrogens is 569 g/mol. The molecule has 15 heteroatoms. The molecule has 0 aliphatic carbocycles. The summed E-state index contributed by atoms with van der Waals surface area (Å²) in [5.41, 5.74) is 5.96. The Labute approximate surface area is 242 Å². The lowest BCUT2D eigenvalue weighted by Gasteiger charge is -2.29. The second-order valence-corrected chi connectivity index (χ2v) is 11.3. The number of esters is 1. The van der Waals surface area contributed by atoms with Crippen LogP contribution in [0.4, 0.5) is 5.69 Å². The summed E-state index contributed by atoms with van der Waals surface area (Å²) in [6, 6.07) is 14.5. The molecule has 5 rings (SSSR count). The fourth-order valence-electron chi connectivity index (χ4n) is 4.80. The van der Waals surface area contributed by atoms with E-state index in [-0.39, 0.29) is 19.0 Å². The summed E-state index contributed by atoms with van der Waals surface area (Å²) in [5.74, 6) is -0.456. The molecule has 1 unspecified atom stereocenters. The van der Waals surface area contributed by atoms with Crippen LogP contribution in [-0.2, 0) is 37.6 Å². The molecular formula is C27H32N5O9P. The van der Waals surface area contributed by atoms with Crippen LogP contribution in [0.15, 0.2) is 54.7 Å². The molecule has 0 saturated carbocycles. The Bertz CT molecular complexity index is 1500. The Balaban J connectivity index is 1.46. The van der Waals surface area contributed by atoms with E-state index in [4.69, 9.17) is 38.5 Å². The van der Waals surface area contributed by atoms with Gasteiger partial charge in [-0.2, -0.15) is 15.4 Å². The van der Waals surface area contributed by atoms with Crippen molar-refractivity contribution in [1.29, 1.82) is 5.26 Å². The van der Waals surface area contributed by atoms with E-state index >= 15 is 0 Å². The van der Waals surface area contributed by atoms with Crippen LogP contribution in [0, 0.1) is 11.3 Å². The van der Waals surface area contributed by atoms with Crippen LogP contribution in [0.25, 0.3) is 5.52 Å². The monoisotopic (exact) mass is 601 g/mol. The summed E-state index contributed by atoms with van der Waals surface area (Å²) in [5, 5.41) is 17.5. The van der Waals surface area contributed by atoms with Gasteiger partial charge in [0.1, 0.15) is 42.8 Å². The van der Waals surface area contributed by atoms with Crippen molar-refractivity contribution in [1.82, 2.24) is 14.7 Å². The number of rotatable bonds is 12. The van der Waals surface area contributed by atoms with Gasteiger partial charge in [-0.3, -0.25) is 9.32 Å². The highest BCUT2D eigenvalue weighted by Crippen LogP contribution is 2.51. The molecule has 0 spiro atoms. The second kappa shape index (κ2) is 12.4. The molecule has 2 saturated heterocycles. The average Bonchev–Trinajstić information content (AvgIpc) is 3.67. The van der Waals surface area contributed by atoms with E-state index in [0.29, 0.717) is 16.9 Å². The van der Waals surface area contributed by atoms with Gasteiger partial charge in [0.2, 0.25) is 5.60 Å². The Hall–Kier alpha value is -3.54. The van der Waals surface area contributed by atoms with Crippen molar-refractivity contribution in [3.05, 3.63) is 60.4 Å². The van der Waals surface area contributed by atoms with Crippen LogP contribution in [0.1, 0.15) is 32.6 Å². The summed E-state index contributed by atoms with van der Waals surface area (Å²) in [6.07, 6.45) is -1.18. The predicted molar refractivity (Wildman–Crippen MR) is 147 cm³/mol. The van der Waals surface area contributed by atoms with Crippen LogP contribution in [-0.4, -0.2) is 65.7 Å². The molecule has 1 aromatic carbocycles. The van der Waals surface area contributed by atoms with Crippen molar-refractivity contribution in [2.24, 2.45) is 0 Å². The Morgan fingerprint density at radius 3 is 2.71 bits per heavy atom. The van der Waals surface area contributed by atoms with Crippen LogP contribution >= 0.6 is 7.75 Å². The van der Waals surface area contributed by atoms with Crippen molar-refractivity contribution in [3.63, 3.8) is 0 Å². The first-order valence-electron chi connectivity index (χ1n) is 13.4. The van der Waals surface area contributed by atoms with E-state index in [1.165, 1.54) is 6.92 Å². The van der Waals surface area contributed by atoms with Crippen molar-refractivity contribution in [2.45, 2.75) is 57.2 Å². The number of carbonyl (C=O) groups is 1. The third-order valence-electron chi connectivity index (χ3n) is 6.73. The molecule has 4 heterocycles. The third kappa shape index (κ3) is 5.86. The molecule has 2 aromatic heterocycles. The molecule has 7 atom stereocenters. The molecule has 2 aliphatic rings. The average molecular weight is 602 g/mol. The number of nitrogen functional groups attached to an aromatic ring is 1. The summed E-state index contributed by atoms with van der Waals surface area (Å²) in [4.78, 5) is 12.3. The zero-order valence-electron chi connectivity index (χ0n) is 23.2. The molecule has 14 nitrogen and oxygen atoms in total. The van der Waals surface area contributed by atoms with Gasteiger partial charge >= 0.3 is 13.7 Å². The van der Waals surface area contributed by atoms with Crippen molar-refractivity contribution in [3.8, 4) is 11.8 Å². The number of ether oxygens (including phenoxy) is 5. The van der Waals surface area contributed by atoms with Gasteiger partial charge in [0.15, 0.2) is 0 Å². The SMILES string of the molecule is CCOC(=O)[C@H](C)N[P@](=O)(OC[C@@]1(C#N)O[C@@H](c2ccc3c(N)ccnn23)[C@@H]2OC(OCC)O[C@@H]21)Oc1ccccc1. The molecule has 0 amide bonds. The molecule has 224 valence electrons. The number of nitriles is 1. The Morgan fingerprint density at radius 1 is 1.21 bits per heavy atom. The van der Waals surface area contributed by atoms with Gasteiger partial charge in [0.05, 0.1) is 23.5 Å². The lowest BCUT2D eigenvalue weighted by atomic mass is 9.96. The largest absolute Gasteiger partial charge is 0.465 e. The summed E-state index contributed by atoms with van der Waals surface area (Å²) < 4.78 is 56.1. The van der Waals surface area contributed by atoms with Gasteiger partial charge in [0, 0.05) is 12.8 Å². The number of hydrogen-bond acceptors (Lipinski definition) is 12. The number of nitrogens with one attached hydrogen (secondary N) is 1. The zero-order valence-corrected chi connectivity index (χ0v) is 24.1. The highest BCUT2D eigenvalue weighted by atomic mass is 31.2. The minimum absolute atomic E-state index is 0.124. The molecule has 2 fully saturated rings. The van der Waals surface area contributed by atoms with Gasteiger partial charge in [-0.25, -0.2) is 9.08 Å². The Morgan fingerprint density at radius 2 is 2.00 bits per heavy atom. The van der Waals surface area contributed by atoms with Gasteiger partial charge < -0.3 is 33.9 Å². The zero-order chi connectivity index (χ0) is 29.9. The number of nitrogens with zero attached hydrogens (tertiary/aromatic N) is 3. The standard InChI is InChI=1S/C27H32N5O9P/c1-4-35-25(33)17(3)31-42(34,41-18-9-7-6-8-10-18)37-16-27(15-28)24-23(38-26(39-24)36-5-2)22(40-27)21-12-11-20-19(29)13-14-30-32(20)21/h6-14,17,22-24,26H,4-5,16,29H2,1-3H3,(H,31,34)/t17-,22-,23-,24-,26?,27+,42-/m0/s1. The van der Waals surface area contributed by atoms with Crippen molar-refractivity contribution < 1.29 is 42.1 Å². The number of carbonyl (C=O) groups excluding carboxylic acids is 1. The number of hydrogen-bond donors (Lipinski definition) is 2. The number of fused-ring (bicyclic) bond motifs is 2. The highest BCUT2D eigenvalue weighted by molar-refractivity contribution is 7.52. The summed E-state index contributed by atoms with van der Waals surface area (Å²) >= 11 is 0. The quantitative estimate of drug-likeness (QED) is 0.229. The van der Waals surface area contributed by atoms with E-state index in [1.807, 2.05) is 0 Å². The number of anilines is 1. The van der Waals surface area contributed by atoms with Crippen LogP contribution in [0.2, 0.25) is 0 Å². The lowest BCUT2D eigenvalue weighted by Crippen LogP contribution is -2.46. The second-order valence-electron chi connectivity index (χ2n) is 9.56. The van der Waals surface area contributed by atoms with Crippen molar-refractivity contribution >= 4 is 24.9 Å². The van der Waals surface area contributed by atoms with Gasteiger partial charge in [-0.05, 0) is 51.1 Å². The fraction of sp³-hybridized carbons (Fsp3) is 0.444. The molecule has 3 N–H and O–H groups in total. The van der Waals surface area contributed by atoms with E-state index < -0.39 is 56.8 Å². The van der Waals surface area contributed by atoms with Crippen LogP contribution in [0.3, 0.4) is 0 Å². The first-order chi connectivity index (χ1) is 20.2. The van der Waals surface area contributed by atoms with Gasteiger partial charge in [-0.1, -0.05) is 18.2 Å². The number of benzene rings is 1. The maximum atomic E-state index is 14.0. The fourth-order valence-corrected chi connectivity index (χ4v) is 6.32. The molecule has 2 aliphatic heterocycles. The van der Waals surface area contributed by atoms with E-state index in [2.05, 4.69) is 16.3 Å². The number of nitrogens with two attached hydrogens (primary N) is 1. The summed E-state index contributed by atoms with van der Waals surface area (Å²) in [7, 11) is -4.32. The van der Waals surface area contributed by atoms with E-state index in [9.17, 15) is 14.6 Å². The molecule has 42 heavy (non-hydrogen) atoms. The lowest BCUT2D eigenvalue weighted by molar-refractivity contribution is -0.268. The minimum Gasteiger partial charge on any atom is -0.465 e. The maximum absolute atomic E-state index is 14.0. The normalized spacial score (nSPS) is 27.2. The molecule has 3 aromatic rings. The number of aromatic nitrogens is 2. The number of para-hydroxylation sites is 1. The predicted octanol–water partition coefficient (Wildman–Crippen LogP) is 3.10. The van der Waals surface area contributed by atoms with E-state index in [0.717, 1.165) is 0 Å².